The normalized spacial score (nSPS) is 14.7. The van der Waals surface area contributed by atoms with Crippen LogP contribution in [0.3, 0.4) is 0 Å². The number of aryl methyl sites for hydroxylation is 1. The van der Waals surface area contributed by atoms with E-state index < -0.39 is 44.3 Å². The summed E-state index contributed by atoms with van der Waals surface area (Å²) in [4.78, 5) is 7.27. The molecule has 0 aliphatic carbocycles. The van der Waals surface area contributed by atoms with Crippen LogP contribution in [0.4, 0.5) is 11.5 Å². The van der Waals surface area contributed by atoms with E-state index in [9.17, 15) is 5.48 Å². The summed E-state index contributed by atoms with van der Waals surface area (Å²) >= 11 is 2.26. The van der Waals surface area contributed by atoms with Crippen LogP contribution in [0.1, 0.15) is 65.0 Å². The molecule has 3 aromatic heterocycles. The number of fused-ring (bicyclic) bond motifs is 4. The summed E-state index contributed by atoms with van der Waals surface area (Å²) in [5.74, 6) is -0.0488. The topological polar surface area (TPSA) is 40.1 Å². The summed E-state index contributed by atoms with van der Waals surface area (Å²) in [6.07, 6.45) is -1.81. The Morgan fingerprint density at radius 2 is 1.38 bits per heavy atom. The molecule has 4 heterocycles. The van der Waals surface area contributed by atoms with Crippen LogP contribution in [0.15, 0.2) is 212 Å². The van der Waals surface area contributed by atoms with Crippen molar-refractivity contribution in [1.29, 1.82) is 0 Å². The molecule has 13 rings (SSSR count). The summed E-state index contributed by atoms with van der Waals surface area (Å²) < 4.78 is 105. The van der Waals surface area contributed by atoms with Crippen LogP contribution < -0.4 is 15.0 Å². The van der Waals surface area contributed by atoms with Gasteiger partial charge < -0.3 is 0 Å². The number of pyridine rings is 1. The van der Waals surface area contributed by atoms with E-state index in [1.807, 2.05) is 149 Å². The van der Waals surface area contributed by atoms with E-state index in [1.165, 1.54) is 6.07 Å². The molecule has 8 heteroatoms. The first-order valence-electron chi connectivity index (χ1n) is 30.7. The Labute approximate surface area is 476 Å². The van der Waals surface area contributed by atoms with E-state index in [2.05, 4.69) is 93.1 Å². The van der Waals surface area contributed by atoms with Gasteiger partial charge in [-0.1, -0.05) is 48.5 Å². The number of hydrogen-bond acceptors (Lipinski definition) is 3. The zero-order valence-corrected chi connectivity index (χ0v) is 45.2. The third-order valence-electron chi connectivity index (χ3n) is 14.3. The molecule has 0 bridgehead atoms. The fraction of sp³-hybridized carbons (Fsp3) is 0.130. The fourth-order valence-corrected chi connectivity index (χ4v) is 12.0. The van der Waals surface area contributed by atoms with E-state index >= 15 is 0 Å². The van der Waals surface area contributed by atoms with Gasteiger partial charge in [0.15, 0.2) is 0 Å². The Balaban J connectivity index is 1.05. The molecule has 0 amide bonds. The van der Waals surface area contributed by atoms with Gasteiger partial charge in [-0.05, 0) is 11.5 Å². The van der Waals surface area contributed by atoms with Crippen molar-refractivity contribution in [3.05, 3.63) is 245 Å². The predicted octanol–water partition coefficient (Wildman–Crippen LogP) is 16.6. The van der Waals surface area contributed by atoms with Gasteiger partial charge in [0.2, 0.25) is 0 Å². The maximum atomic E-state index is 9.46. The minimum atomic E-state index is -2.63. The Hall–Kier alpha value is -8.25. The monoisotopic (exact) mass is 1190 g/mol. The van der Waals surface area contributed by atoms with Crippen LogP contribution in [0, 0.1) is 28.7 Å². The molecule has 0 saturated heterocycles. The van der Waals surface area contributed by atoms with Crippen molar-refractivity contribution in [3.8, 4) is 56.4 Å². The van der Waals surface area contributed by atoms with Gasteiger partial charge in [-0.2, -0.15) is 12.1 Å². The summed E-state index contributed by atoms with van der Waals surface area (Å²) in [6.45, 7) is 6.98. The first-order chi connectivity index (χ1) is 41.5. The van der Waals surface area contributed by atoms with Crippen LogP contribution in [0.2, 0.25) is 0 Å². The molecule has 1 aliphatic heterocycles. The Morgan fingerprint density at radius 3 is 2.13 bits per heavy atom. The van der Waals surface area contributed by atoms with Gasteiger partial charge in [-0.3, -0.25) is 0 Å². The van der Waals surface area contributed by atoms with Crippen LogP contribution in [-0.2, 0) is 31.1 Å². The number of imidazole rings is 1. The molecule has 0 unspecified atom stereocenters. The van der Waals surface area contributed by atoms with E-state index in [0.717, 1.165) is 44.0 Å². The molecule has 0 radical (unpaired) electrons. The third kappa shape index (κ3) is 8.49. The molecule has 9 aromatic carbocycles. The molecule has 0 fully saturated rings. The number of rotatable bonds is 11. The number of para-hydroxylation sites is 4. The molecule has 77 heavy (non-hydrogen) atoms. The van der Waals surface area contributed by atoms with Gasteiger partial charge in [-0.15, -0.1) is 5.39 Å². The second-order valence-corrected chi connectivity index (χ2v) is 21.7. The minimum absolute atomic E-state index is 0.0223. The van der Waals surface area contributed by atoms with Gasteiger partial charge in [-0.25, -0.2) is 0 Å². The third-order valence-corrected chi connectivity index (χ3v) is 15.3. The standard InChI is InChI=1S/C69H56BN5O.Pt/c1-46(2)41-50-23-13-14-26-54(50)58-40-39-53(72-45-73(62-33-18-17-32-61(62)72)67-55(48-21-9-7-10-22-48)28-19-29-56(67)49-35-37-51(38-36-49)69(4,5)6)44-64(58)76-66-43-47(3)42-65(71-66)74-63-34-20-30-59-57-27-15-16-31-60(57)75(68(59)63)70(74)52-24-11-8-12-25-52;/h7-33,35-40,42-43,46H,41H2,1-6H3;/q-2;/i3D3,7D,9D,10D,21D,22D,41D2;. The quantitative estimate of drug-likeness (QED) is 0.0957. The second kappa shape index (κ2) is 19.4. The molecule has 0 atom stereocenters. The molecular weight excluding hydrogens is 1120 g/mol. The maximum absolute atomic E-state index is 9.46. The molecule has 12 aromatic rings. The zero-order valence-electron chi connectivity index (χ0n) is 52.9. The fourth-order valence-electron chi connectivity index (χ4n) is 10.9. The summed E-state index contributed by atoms with van der Waals surface area (Å²) in [5, 5.41) is 2.08. The van der Waals surface area contributed by atoms with Gasteiger partial charge >= 0.3 is 395 Å². The van der Waals surface area contributed by atoms with Gasteiger partial charge in [0, 0.05) is 5.52 Å². The average Bonchev–Trinajstić information content (AvgIpc) is 1.64. The summed E-state index contributed by atoms with van der Waals surface area (Å²) in [5.41, 5.74) is 10.4. The molecule has 0 N–H and O–H groups in total. The zero-order chi connectivity index (χ0) is 61.2. The van der Waals surface area contributed by atoms with Crippen molar-refractivity contribution in [2.24, 2.45) is 5.92 Å². The second-order valence-electron chi connectivity index (χ2n) is 20.6. The Morgan fingerprint density at radius 1 is 0.688 bits per heavy atom. The number of aromatic nitrogens is 4. The van der Waals surface area contributed by atoms with Gasteiger partial charge in [0.1, 0.15) is 0 Å². The van der Waals surface area contributed by atoms with Crippen molar-refractivity contribution < 1.29 is 37.8 Å². The Bertz CT molecular complexity index is 4790. The van der Waals surface area contributed by atoms with Crippen LogP contribution in [-0.4, -0.2) is 25.6 Å². The summed E-state index contributed by atoms with van der Waals surface area (Å²) in [6, 6.07) is 63.0. The van der Waals surface area contributed by atoms with Crippen LogP contribution in [0.25, 0.3) is 77.6 Å². The molecule has 0 spiro atoms. The van der Waals surface area contributed by atoms with Crippen molar-refractivity contribution in [1.82, 2.24) is 18.6 Å². The van der Waals surface area contributed by atoms with E-state index in [-0.39, 0.29) is 40.3 Å². The van der Waals surface area contributed by atoms with Crippen molar-refractivity contribution >= 4 is 56.8 Å². The Kier molecular flexibility index (Phi) is 9.65. The van der Waals surface area contributed by atoms with Crippen LogP contribution in [0.5, 0.6) is 11.6 Å². The summed E-state index contributed by atoms with van der Waals surface area (Å²) in [7, 11) is 0. The van der Waals surface area contributed by atoms with Gasteiger partial charge in [0.25, 0.3) is 0 Å². The van der Waals surface area contributed by atoms with Crippen molar-refractivity contribution in [2.45, 2.75) is 53.3 Å². The number of ether oxygens (including phenoxy) is 1. The molecular formula is C69H56BN5OPt-2. The molecule has 0 saturated carbocycles. The number of benzene rings is 9. The van der Waals surface area contributed by atoms with E-state index in [0.29, 0.717) is 60.0 Å². The molecule has 6 nitrogen and oxygen atoms in total. The van der Waals surface area contributed by atoms with Crippen molar-refractivity contribution in [2.75, 3.05) is 4.81 Å². The predicted molar refractivity (Wildman–Crippen MR) is 315 cm³/mol. The van der Waals surface area contributed by atoms with E-state index in [1.54, 1.807) is 18.2 Å². The number of hydrogen-bond donors (Lipinski definition) is 0. The average molecular weight is 1190 g/mol. The number of nitrogens with zero attached hydrogens (tertiary/aromatic N) is 5. The SMILES string of the molecule is [2H]c1c([2H])c([2H])c(-c2cccc(-c3ccc(C(C)(C)C)cc3)c2-n2[c](=[Pt])n(-c3[c-]c(Oc4cc(C([2H])([2H])[2H])cc(N5B(c6ccccc6)n6c7ccccc7c7cc[c-]c5c76)n4)c(-c4ccccc4C([2H])([2H])C(C)C)cc3)c3ccccc32)c([2H])c1[2H]. The number of anilines is 2. The first-order valence-corrected chi connectivity index (χ1v) is 26.8. The van der Waals surface area contributed by atoms with E-state index in [4.69, 9.17) is 17.9 Å². The molecule has 1 aliphatic rings. The van der Waals surface area contributed by atoms with Crippen LogP contribution >= 0.6 is 0 Å². The molecule has 378 valence electrons. The van der Waals surface area contributed by atoms with Gasteiger partial charge in [0.05, 0.1) is 0 Å². The first kappa shape index (κ1) is 38.3. The van der Waals surface area contributed by atoms with Crippen molar-refractivity contribution in [3.63, 3.8) is 0 Å².